The molecular weight excluding hydrogens is 424 g/mol. The molecule has 34 heavy (non-hydrogen) atoms. The third kappa shape index (κ3) is 3.85. The van der Waals surface area contributed by atoms with Crippen molar-refractivity contribution in [3.63, 3.8) is 0 Å². The van der Waals surface area contributed by atoms with Crippen molar-refractivity contribution in [3.05, 3.63) is 76.8 Å². The molecule has 3 heterocycles. The van der Waals surface area contributed by atoms with Gasteiger partial charge in [-0.3, -0.25) is 14.6 Å². The number of hydrogen-bond acceptors (Lipinski definition) is 4. The number of amides is 1. The maximum atomic E-state index is 14.0. The van der Waals surface area contributed by atoms with Crippen LogP contribution in [-0.4, -0.2) is 27.7 Å². The van der Waals surface area contributed by atoms with Crippen molar-refractivity contribution in [2.24, 2.45) is 17.8 Å². The average molecular weight is 459 g/mol. The second-order valence-electron chi connectivity index (χ2n) is 11.4. The Bertz CT molecular complexity index is 1130. The number of hydrogen-bond donors (Lipinski definition) is 0. The van der Waals surface area contributed by atoms with Gasteiger partial charge in [0.15, 0.2) is 11.5 Å². The van der Waals surface area contributed by atoms with E-state index >= 15 is 0 Å². The van der Waals surface area contributed by atoms with Crippen molar-refractivity contribution in [2.45, 2.75) is 71.6 Å². The van der Waals surface area contributed by atoms with Crippen molar-refractivity contribution < 1.29 is 14.3 Å². The highest BCUT2D eigenvalue weighted by Gasteiger charge is 2.53. The van der Waals surface area contributed by atoms with E-state index in [0.29, 0.717) is 18.0 Å². The zero-order valence-corrected chi connectivity index (χ0v) is 20.7. The second kappa shape index (κ2) is 8.37. The molecule has 0 saturated heterocycles. The predicted molar refractivity (Wildman–Crippen MR) is 131 cm³/mol. The van der Waals surface area contributed by atoms with Crippen molar-refractivity contribution >= 4 is 11.7 Å². The normalized spacial score (nSPS) is 29.1. The number of aromatic nitrogens is 1. The highest BCUT2D eigenvalue weighted by atomic mass is 16.5. The molecule has 0 spiro atoms. The van der Waals surface area contributed by atoms with Crippen molar-refractivity contribution in [1.82, 2.24) is 9.88 Å². The molecule has 1 fully saturated rings. The van der Waals surface area contributed by atoms with Crippen molar-refractivity contribution in [3.8, 4) is 0 Å². The SMILES string of the molecule is CC1CC(C)C2OC3=C(C(=O)C2C1)C(c1ccc(C(C)(C)C)cc1)N(Cc1cccnc1)C3=O. The summed E-state index contributed by atoms with van der Waals surface area (Å²) >= 11 is 0. The van der Waals surface area contributed by atoms with Crippen molar-refractivity contribution in [1.29, 1.82) is 0 Å². The summed E-state index contributed by atoms with van der Waals surface area (Å²) in [5.41, 5.74) is 3.66. The summed E-state index contributed by atoms with van der Waals surface area (Å²) in [6.45, 7) is 11.3. The Hall–Kier alpha value is -2.95. The number of carbonyl (C=O) groups is 2. The topological polar surface area (TPSA) is 59.5 Å². The molecular formula is C29H34N2O3. The number of pyridine rings is 1. The fourth-order valence-electron chi connectivity index (χ4n) is 5.99. The number of fused-ring (bicyclic) bond motifs is 1. The van der Waals surface area contributed by atoms with Gasteiger partial charge in [0, 0.05) is 18.9 Å². The monoisotopic (exact) mass is 458 g/mol. The maximum Gasteiger partial charge on any atom is 0.290 e. The molecule has 0 N–H and O–H groups in total. The summed E-state index contributed by atoms with van der Waals surface area (Å²) < 4.78 is 6.41. The van der Waals surface area contributed by atoms with E-state index in [1.54, 1.807) is 17.3 Å². The standard InChI is InChI=1S/C29H34N2O3/c1-17-13-18(2)26-22(14-17)25(32)23-24(20-8-10-21(11-9-20)29(3,4)5)31(28(33)27(23)34-26)16-19-7-6-12-30-15-19/h6-12,15,17-18,22,24,26H,13-14,16H2,1-5H3. The molecule has 1 aliphatic carbocycles. The Kier molecular flexibility index (Phi) is 5.62. The molecule has 5 unspecified atom stereocenters. The first kappa shape index (κ1) is 22.8. The number of Topliss-reactive ketones (excluding diaryl/α,β-unsaturated/α-hetero) is 1. The third-order valence-corrected chi connectivity index (χ3v) is 7.70. The van der Waals surface area contributed by atoms with Gasteiger partial charge in [-0.15, -0.1) is 0 Å². The summed E-state index contributed by atoms with van der Waals surface area (Å²) in [5.74, 6) is 0.704. The van der Waals surface area contributed by atoms with Gasteiger partial charge in [0.05, 0.1) is 17.5 Å². The van der Waals surface area contributed by atoms with Gasteiger partial charge in [-0.25, -0.2) is 0 Å². The molecule has 5 atom stereocenters. The Labute approximate surface area is 202 Å². The van der Waals surface area contributed by atoms with Crippen LogP contribution in [-0.2, 0) is 26.3 Å². The smallest absolute Gasteiger partial charge is 0.290 e. The zero-order chi connectivity index (χ0) is 24.2. The molecule has 2 aromatic rings. The number of nitrogens with zero attached hydrogens (tertiary/aromatic N) is 2. The molecule has 0 bridgehead atoms. The van der Waals surface area contributed by atoms with E-state index < -0.39 is 6.04 Å². The minimum atomic E-state index is -0.447. The summed E-state index contributed by atoms with van der Waals surface area (Å²) in [6.07, 6.45) is 5.12. The van der Waals surface area contributed by atoms with E-state index in [2.05, 4.69) is 63.9 Å². The molecule has 1 amide bonds. The van der Waals surface area contributed by atoms with Crippen LogP contribution in [0.2, 0.25) is 0 Å². The van der Waals surface area contributed by atoms with Crippen LogP contribution in [0.4, 0.5) is 0 Å². The zero-order valence-electron chi connectivity index (χ0n) is 20.7. The van der Waals surface area contributed by atoms with E-state index in [9.17, 15) is 9.59 Å². The van der Waals surface area contributed by atoms with Gasteiger partial charge in [-0.1, -0.05) is 65.0 Å². The van der Waals surface area contributed by atoms with Crippen LogP contribution in [0.3, 0.4) is 0 Å². The first-order chi connectivity index (χ1) is 16.1. The molecule has 5 nitrogen and oxygen atoms in total. The quantitative estimate of drug-likeness (QED) is 0.621. The van der Waals surface area contributed by atoms with E-state index in [4.69, 9.17) is 4.74 Å². The number of rotatable bonds is 3. The van der Waals surface area contributed by atoms with E-state index in [-0.39, 0.29) is 40.8 Å². The lowest BCUT2D eigenvalue weighted by Gasteiger charge is -2.41. The molecule has 5 rings (SSSR count). The fourth-order valence-corrected chi connectivity index (χ4v) is 5.99. The molecule has 178 valence electrons. The lowest BCUT2D eigenvalue weighted by atomic mass is 9.70. The Morgan fingerprint density at radius 2 is 1.79 bits per heavy atom. The molecule has 5 heteroatoms. The minimum Gasteiger partial charge on any atom is -0.483 e. The minimum absolute atomic E-state index is 0.0230. The van der Waals surface area contributed by atoms with Gasteiger partial charge in [0.1, 0.15) is 6.10 Å². The Morgan fingerprint density at radius 1 is 1.06 bits per heavy atom. The number of ketones is 1. The summed E-state index contributed by atoms with van der Waals surface area (Å²) in [4.78, 5) is 33.7. The maximum absolute atomic E-state index is 14.0. The first-order valence-electron chi connectivity index (χ1n) is 12.4. The summed E-state index contributed by atoms with van der Waals surface area (Å²) in [6, 6.07) is 11.7. The van der Waals surface area contributed by atoms with Crippen LogP contribution in [0.1, 0.15) is 70.2 Å². The van der Waals surface area contributed by atoms with Gasteiger partial charge in [-0.2, -0.15) is 0 Å². The van der Waals surface area contributed by atoms with Gasteiger partial charge < -0.3 is 9.64 Å². The molecule has 1 aromatic heterocycles. The number of benzene rings is 1. The van der Waals surface area contributed by atoms with Gasteiger partial charge >= 0.3 is 0 Å². The molecule has 1 saturated carbocycles. The largest absolute Gasteiger partial charge is 0.483 e. The van der Waals surface area contributed by atoms with Gasteiger partial charge in [0.25, 0.3) is 5.91 Å². The molecule has 3 aliphatic rings. The van der Waals surface area contributed by atoms with Crippen LogP contribution < -0.4 is 0 Å². The van der Waals surface area contributed by atoms with E-state index in [0.717, 1.165) is 24.0 Å². The van der Waals surface area contributed by atoms with Crippen LogP contribution in [0.15, 0.2) is 60.1 Å². The van der Waals surface area contributed by atoms with Gasteiger partial charge in [-0.05, 0) is 52.8 Å². The van der Waals surface area contributed by atoms with Crippen LogP contribution in [0.25, 0.3) is 0 Å². The summed E-state index contributed by atoms with van der Waals surface area (Å²) in [5, 5.41) is 0. The molecule has 0 radical (unpaired) electrons. The van der Waals surface area contributed by atoms with Crippen LogP contribution in [0.5, 0.6) is 0 Å². The lowest BCUT2D eigenvalue weighted by Crippen LogP contribution is -2.45. The summed E-state index contributed by atoms with van der Waals surface area (Å²) in [7, 11) is 0. The molecule has 2 aliphatic heterocycles. The van der Waals surface area contributed by atoms with Crippen LogP contribution in [0, 0.1) is 17.8 Å². The third-order valence-electron chi connectivity index (χ3n) is 7.70. The number of ether oxygens (including phenoxy) is 1. The fraction of sp³-hybridized carbons (Fsp3) is 0.483. The van der Waals surface area contributed by atoms with E-state index in [1.807, 2.05) is 12.1 Å². The highest BCUT2D eigenvalue weighted by Crippen LogP contribution is 2.49. The molecule has 1 aromatic carbocycles. The Balaban J connectivity index is 1.58. The number of carbonyl (C=O) groups excluding carboxylic acids is 2. The van der Waals surface area contributed by atoms with Gasteiger partial charge in [0.2, 0.25) is 0 Å². The lowest BCUT2D eigenvalue weighted by molar-refractivity contribution is -0.139. The van der Waals surface area contributed by atoms with Crippen LogP contribution >= 0.6 is 0 Å². The first-order valence-corrected chi connectivity index (χ1v) is 12.4. The Morgan fingerprint density at radius 3 is 2.44 bits per heavy atom. The second-order valence-corrected chi connectivity index (χ2v) is 11.4. The average Bonchev–Trinajstić information content (AvgIpc) is 3.07. The predicted octanol–water partition coefficient (Wildman–Crippen LogP) is 5.37. The highest BCUT2D eigenvalue weighted by molar-refractivity contribution is 6.11. The van der Waals surface area contributed by atoms with Crippen molar-refractivity contribution in [2.75, 3.05) is 0 Å². The van der Waals surface area contributed by atoms with E-state index in [1.165, 1.54) is 5.56 Å².